The van der Waals surface area contributed by atoms with Crippen LogP contribution in [0.5, 0.6) is 11.5 Å². The highest BCUT2D eigenvalue weighted by Crippen LogP contribution is 2.43. The van der Waals surface area contributed by atoms with Gasteiger partial charge in [0, 0.05) is 39.6 Å². The van der Waals surface area contributed by atoms with E-state index >= 15 is 0 Å². The van der Waals surface area contributed by atoms with Crippen LogP contribution in [0.1, 0.15) is 69.7 Å². The van der Waals surface area contributed by atoms with Gasteiger partial charge in [-0.15, -0.1) is 0 Å². The highest BCUT2D eigenvalue weighted by atomic mass is 16.5. The molecule has 0 aliphatic carbocycles. The number of rotatable bonds is 4. The molecule has 0 amide bonds. The van der Waals surface area contributed by atoms with Gasteiger partial charge in [0.25, 0.3) is 0 Å². The van der Waals surface area contributed by atoms with E-state index in [0.717, 1.165) is 14.2 Å². The van der Waals surface area contributed by atoms with E-state index < -0.39 is 102 Å². The van der Waals surface area contributed by atoms with Crippen LogP contribution in [0, 0.1) is 11.8 Å². The molecule has 4 heteroatoms. The molecule has 1 N–H and O–H groups in total. The Morgan fingerprint density at radius 3 is 3.00 bits per heavy atom. The van der Waals surface area contributed by atoms with Gasteiger partial charge in [0.1, 0.15) is 0 Å². The molecule has 0 bridgehead atoms. The Bertz CT molecular complexity index is 1310. The molecule has 1 saturated heterocycles. The van der Waals surface area contributed by atoms with Crippen LogP contribution >= 0.6 is 0 Å². The molecule has 0 aromatic heterocycles. The number of ether oxygens (including phenoxy) is 2. The molecule has 2 aliphatic rings. The van der Waals surface area contributed by atoms with Gasteiger partial charge in [-0.25, -0.2) is 0 Å². The Balaban J connectivity index is 2.71. The summed E-state index contributed by atoms with van der Waals surface area (Å²) in [6, 6.07) is -6.13. The lowest BCUT2D eigenvalue weighted by Crippen LogP contribution is -2.48. The fraction of sp³-hybridized carbons (Fsp3) is 0.684. The first-order valence-corrected chi connectivity index (χ1v) is 6.62. The average Bonchev–Trinajstić information content (AvgIpc) is 2.80. The van der Waals surface area contributed by atoms with Gasteiger partial charge in [0.05, 0.1) is 25.8 Å². The molecule has 0 radical (unpaired) electrons. The van der Waals surface area contributed by atoms with E-state index in [9.17, 15) is 6.48 Å². The molecule has 1 aromatic rings. The first-order chi connectivity index (χ1) is 18.3. The Morgan fingerprint density at radius 1 is 1.57 bits per heavy atom. The Kier molecular flexibility index (Phi) is 1.49. The van der Waals surface area contributed by atoms with Crippen molar-refractivity contribution in [1.29, 1.82) is 0 Å². The van der Waals surface area contributed by atoms with E-state index in [-0.39, 0.29) is 0 Å². The number of piperidine rings is 1. The van der Waals surface area contributed by atoms with Crippen molar-refractivity contribution in [2.45, 2.75) is 45.0 Å². The van der Waals surface area contributed by atoms with Crippen molar-refractivity contribution in [2.75, 3.05) is 27.2 Å². The first kappa shape index (κ1) is 5.12. The number of hydrogen-bond donors (Lipinski definition) is 1. The predicted molar refractivity (Wildman–Crippen MR) is 91.1 cm³/mol. The minimum absolute atomic E-state index is 0.380. The molecule has 0 saturated carbocycles. The van der Waals surface area contributed by atoms with E-state index in [1.54, 1.807) is 0 Å². The third kappa shape index (κ3) is 3.20. The third-order valence-corrected chi connectivity index (χ3v) is 3.10. The number of methoxy groups -OCH3 is 2. The molecule has 23 heavy (non-hydrogen) atoms. The molecular weight excluding hydrogens is 290 g/mol. The van der Waals surface area contributed by atoms with Gasteiger partial charge in [-0.1, -0.05) is 13.8 Å². The minimum atomic E-state index is -4.57. The molecule has 2 heterocycles. The Labute approximate surface area is 166 Å². The zero-order chi connectivity index (χ0) is 33.5. The van der Waals surface area contributed by atoms with E-state index in [0.29, 0.717) is 6.92 Å². The van der Waals surface area contributed by atoms with Crippen molar-refractivity contribution >= 4 is 0 Å². The standard InChI is InChI=1S/C19H29NO3/c1-12(2)7-14-11-20-6-5-13-8-18(22-3)19(23-4)9-15(13)16(20)10-17(14)21/h8-9,12,14,16-17,21H,5-7,10-11H2,1-4H3/i1D3,5D2,6D2,7D2,8D,9D,10D2,11D2,12D,14D,16D,17D. The average molecular weight is 339 g/mol. The molecule has 2 aliphatic heterocycles. The normalized spacial score (nSPS) is 61.7. The quantitative estimate of drug-likeness (QED) is 0.916. The van der Waals surface area contributed by atoms with Crippen molar-refractivity contribution in [3.8, 4) is 11.5 Å². The molecule has 4 atom stereocenters. The van der Waals surface area contributed by atoms with Gasteiger partial charge >= 0.3 is 0 Å². The van der Waals surface area contributed by atoms with Gasteiger partial charge in [-0.05, 0) is 54.1 Å². The summed E-state index contributed by atoms with van der Waals surface area (Å²) in [6.07, 6.45) is -16.8. The number of hydrogen-bond acceptors (Lipinski definition) is 4. The number of fused-ring (bicyclic) bond motifs is 3. The second kappa shape index (κ2) is 6.70. The second-order valence-electron chi connectivity index (χ2n) is 4.70. The Hall–Kier alpha value is -1.26. The van der Waals surface area contributed by atoms with Crippen LogP contribution in [0.25, 0.3) is 0 Å². The SMILES string of the molecule is [2H]c1c(OC)c(OC)c([2H])c2c1C([2H])([2H])C([2H])([2H])N1C([2H])([2H])C([2H])(C([2H])([2H])C([2H])(C)C([2H])([2H])[2H])C([2H])(O)C([2H])([2H])C21[2H]. The fourth-order valence-electron chi connectivity index (χ4n) is 2.12. The topological polar surface area (TPSA) is 41.9 Å². The van der Waals surface area contributed by atoms with Crippen LogP contribution in [0.3, 0.4) is 0 Å². The lowest BCUT2D eigenvalue weighted by atomic mass is 9.79. The zero-order valence-electron chi connectivity index (χ0n) is 31.7. The molecular formula is C19H29NO3. The maximum atomic E-state index is 11.5. The largest absolute Gasteiger partial charge is 0.493 e. The highest BCUT2D eigenvalue weighted by Gasteiger charge is 2.38. The van der Waals surface area contributed by atoms with Gasteiger partial charge in [-0.3, -0.25) is 4.90 Å². The zero-order valence-corrected chi connectivity index (χ0v) is 12.7. The number of nitrogens with zero attached hydrogens (tertiary/aromatic N) is 1. The van der Waals surface area contributed by atoms with Crippen LogP contribution in [0.4, 0.5) is 0 Å². The highest BCUT2D eigenvalue weighted by molar-refractivity contribution is 5.49. The summed E-state index contributed by atoms with van der Waals surface area (Å²) >= 11 is 0. The van der Waals surface area contributed by atoms with Gasteiger partial charge in [0.15, 0.2) is 11.5 Å². The number of aliphatic hydroxyl groups is 1. The Morgan fingerprint density at radius 2 is 2.30 bits per heavy atom. The molecule has 4 unspecified atom stereocenters. The third-order valence-electron chi connectivity index (χ3n) is 3.10. The number of benzene rings is 1. The van der Waals surface area contributed by atoms with Crippen molar-refractivity contribution in [1.82, 2.24) is 4.90 Å². The van der Waals surface area contributed by atoms with Crippen LogP contribution in [-0.4, -0.2) is 43.3 Å². The lowest BCUT2D eigenvalue weighted by Gasteiger charge is -2.46. The van der Waals surface area contributed by atoms with E-state index in [1.165, 1.54) is 0 Å². The van der Waals surface area contributed by atoms with Gasteiger partial charge in [-0.2, -0.15) is 0 Å². The van der Waals surface area contributed by atoms with E-state index in [4.69, 9.17) is 34.1 Å². The van der Waals surface area contributed by atoms with Crippen molar-refractivity contribution in [2.24, 2.45) is 11.8 Å². The van der Waals surface area contributed by atoms with Crippen LogP contribution in [0.2, 0.25) is 0 Å². The van der Waals surface area contributed by atoms with Crippen LogP contribution in [-0.2, 0) is 6.37 Å². The van der Waals surface area contributed by atoms with E-state index in [1.807, 2.05) is 0 Å². The van der Waals surface area contributed by atoms with Crippen molar-refractivity contribution < 1.29 is 40.6 Å². The molecule has 4 nitrogen and oxygen atoms in total. The smallest absolute Gasteiger partial charge is 0.161 e. The molecule has 1 fully saturated rings. The maximum Gasteiger partial charge on any atom is 0.161 e. The fourth-order valence-corrected chi connectivity index (χ4v) is 2.12. The van der Waals surface area contributed by atoms with Gasteiger partial charge < -0.3 is 14.6 Å². The summed E-state index contributed by atoms with van der Waals surface area (Å²) in [5, 5.41) is 11.5. The van der Waals surface area contributed by atoms with Crippen LogP contribution in [0.15, 0.2) is 12.1 Å². The predicted octanol–water partition coefficient (Wildman–Crippen LogP) is 3.03. The second-order valence-corrected chi connectivity index (χ2v) is 4.70. The monoisotopic (exact) mass is 338 g/mol. The maximum absolute atomic E-state index is 11.5. The molecule has 0 spiro atoms. The lowest BCUT2D eigenvalue weighted by molar-refractivity contribution is -0.0191. The summed E-state index contributed by atoms with van der Waals surface area (Å²) < 4.78 is 172. The molecule has 128 valence electrons. The van der Waals surface area contributed by atoms with Crippen molar-refractivity contribution in [3.63, 3.8) is 0 Å². The van der Waals surface area contributed by atoms with Crippen molar-refractivity contribution in [3.05, 3.63) is 23.2 Å². The summed E-state index contributed by atoms with van der Waals surface area (Å²) in [5.74, 6) is -9.47. The summed E-state index contributed by atoms with van der Waals surface area (Å²) in [7, 11) is 1.94. The summed E-state index contributed by atoms with van der Waals surface area (Å²) in [4.78, 5) is -0.595. The minimum Gasteiger partial charge on any atom is -0.493 e. The summed E-state index contributed by atoms with van der Waals surface area (Å²) in [5.41, 5.74) is -2.50. The molecule has 3 rings (SSSR count). The van der Waals surface area contributed by atoms with Crippen LogP contribution < -0.4 is 9.47 Å². The molecule has 1 aromatic carbocycles. The summed E-state index contributed by atoms with van der Waals surface area (Å²) in [6.45, 7) is -11.8. The van der Waals surface area contributed by atoms with Gasteiger partial charge in [0.2, 0.25) is 0 Å². The first-order valence-electron chi connectivity index (χ1n) is 16.1. The van der Waals surface area contributed by atoms with E-state index in [2.05, 4.69) is 0 Å².